The van der Waals surface area contributed by atoms with Crippen LogP contribution in [0.15, 0.2) is 11.0 Å². The highest BCUT2D eigenvalue weighted by molar-refractivity contribution is 6.33. The van der Waals surface area contributed by atoms with Gasteiger partial charge in [0.15, 0.2) is 0 Å². The number of carbonyl (C=O) groups is 1. The number of amides is 1. The molecule has 8 heteroatoms. The van der Waals surface area contributed by atoms with Crippen molar-refractivity contribution in [2.24, 2.45) is 0 Å². The van der Waals surface area contributed by atoms with Crippen molar-refractivity contribution in [2.75, 3.05) is 19.0 Å². The van der Waals surface area contributed by atoms with Gasteiger partial charge in [0.25, 0.3) is 5.56 Å². The second-order valence-corrected chi connectivity index (χ2v) is 5.42. The number of nitrogens with zero attached hydrogens (tertiary/aromatic N) is 2. The normalized spacial score (nSPS) is 15.6. The molecular formula is C13H19ClN4O3. The topological polar surface area (TPSA) is 85.2 Å². The molecule has 1 saturated carbocycles. The van der Waals surface area contributed by atoms with E-state index in [1.165, 1.54) is 10.9 Å². The minimum absolute atomic E-state index is 0.0205. The monoisotopic (exact) mass is 314 g/mol. The molecular weight excluding hydrogens is 296 g/mol. The summed E-state index contributed by atoms with van der Waals surface area (Å²) in [5, 5.41) is 9.83. The Balaban J connectivity index is 2.04. The number of nitrogens with one attached hydrogen (secondary N) is 2. The molecule has 1 atom stereocenters. The summed E-state index contributed by atoms with van der Waals surface area (Å²) in [6, 6.07) is -0.198. The summed E-state index contributed by atoms with van der Waals surface area (Å²) in [6.45, 7) is 2.41. The van der Waals surface area contributed by atoms with Crippen LogP contribution in [-0.4, -0.2) is 41.5 Å². The Morgan fingerprint density at radius 3 is 2.95 bits per heavy atom. The molecule has 1 aliphatic carbocycles. The van der Waals surface area contributed by atoms with Crippen molar-refractivity contribution in [2.45, 2.75) is 38.4 Å². The fraction of sp³-hybridized carbons (Fsp3) is 0.615. The minimum atomic E-state index is -0.487. The quantitative estimate of drug-likeness (QED) is 0.771. The molecule has 21 heavy (non-hydrogen) atoms. The van der Waals surface area contributed by atoms with Gasteiger partial charge < -0.3 is 15.4 Å². The molecule has 116 valence electrons. The van der Waals surface area contributed by atoms with Gasteiger partial charge in [-0.25, -0.2) is 4.68 Å². The Bertz CT molecular complexity index is 571. The van der Waals surface area contributed by atoms with E-state index in [-0.39, 0.29) is 17.0 Å². The van der Waals surface area contributed by atoms with E-state index in [1.54, 1.807) is 14.0 Å². The lowest BCUT2D eigenvalue weighted by Gasteiger charge is -2.16. The molecule has 2 rings (SSSR count). The summed E-state index contributed by atoms with van der Waals surface area (Å²) in [5.41, 5.74) is -0.0534. The average Bonchev–Trinajstić information content (AvgIpc) is 3.27. The third-order valence-electron chi connectivity index (χ3n) is 3.18. The van der Waals surface area contributed by atoms with E-state index < -0.39 is 11.6 Å². The van der Waals surface area contributed by atoms with Crippen LogP contribution < -0.4 is 16.2 Å². The maximum absolute atomic E-state index is 12.0. The summed E-state index contributed by atoms with van der Waals surface area (Å²) < 4.78 is 6.13. The molecule has 1 aromatic rings. The predicted octanol–water partition coefficient (Wildman–Crippen LogP) is 0.622. The van der Waals surface area contributed by atoms with Gasteiger partial charge in [0, 0.05) is 13.2 Å². The lowest BCUT2D eigenvalue weighted by Crippen LogP contribution is -2.39. The molecule has 1 heterocycles. The summed E-state index contributed by atoms with van der Waals surface area (Å²) in [5.74, 6) is -0.114. The highest BCUT2D eigenvalue weighted by Gasteiger charge is 2.26. The first-order valence-corrected chi connectivity index (χ1v) is 7.22. The Labute approximate surface area is 127 Å². The predicted molar refractivity (Wildman–Crippen MR) is 79.6 cm³/mol. The summed E-state index contributed by atoms with van der Waals surface area (Å²) in [6.07, 6.45) is 3.49. The summed E-state index contributed by atoms with van der Waals surface area (Å²) >= 11 is 6.04. The Morgan fingerprint density at radius 1 is 1.62 bits per heavy atom. The standard InChI is InChI=1S/C13H19ClN4O3/c1-8(12(19)17-9-3-4-9)16-10-7-15-18(5-6-21-2)13(20)11(10)14/h7-9,16H,3-6H2,1-2H3,(H,17,19). The van der Waals surface area contributed by atoms with Crippen molar-refractivity contribution in [1.29, 1.82) is 0 Å². The molecule has 0 aliphatic heterocycles. The molecule has 1 amide bonds. The SMILES string of the molecule is COCCn1ncc(NC(C)C(=O)NC2CC2)c(Cl)c1=O. The molecule has 1 aromatic heterocycles. The maximum atomic E-state index is 12.0. The van der Waals surface area contributed by atoms with Gasteiger partial charge in [0.1, 0.15) is 11.1 Å². The van der Waals surface area contributed by atoms with Crippen molar-refractivity contribution < 1.29 is 9.53 Å². The second kappa shape index (κ2) is 6.91. The zero-order chi connectivity index (χ0) is 15.4. The molecule has 1 fully saturated rings. The van der Waals surface area contributed by atoms with Crippen LogP contribution in [0.2, 0.25) is 5.02 Å². The first kappa shape index (κ1) is 15.8. The second-order valence-electron chi connectivity index (χ2n) is 5.04. The van der Waals surface area contributed by atoms with Crippen LogP contribution in [0.3, 0.4) is 0 Å². The van der Waals surface area contributed by atoms with Gasteiger partial charge in [0.2, 0.25) is 5.91 Å². The van der Waals surface area contributed by atoms with Crippen molar-refractivity contribution in [3.05, 3.63) is 21.6 Å². The molecule has 0 aromatic carbocycles. The van der Waals surface area contributed by atoms with Crippen LogP contribution in [-0.2, 0) is 16.1 Å². The third kappa shape index (κ3) is 4.18. The van der Waals surface area contributed by atoms with Gasteiger partial charge in [-0.1, -0.05) is 11.6 Å². The van der Waals surface area contributed by atoms with Crippen LogP contribution in [0.5, 0.6) is 0 Å². The number of hydrogen-bond acceptors (Lipinski definition) is 5. The van der Waals surface area contributed by atoms with Gasteiger partial charge in [-0.05, 0) is 19.8 Å². The van der Waals surface area contributed by atoms with E-state index in [4.69, 9.17) is 16.3 Å². The van der Waals surface area contributed by atoms with Crippen molar-refractivity contribution in [1.82, 2.24) is 15.1 Å². The van der Waals surface area contributed by atoms with Crippen molar-refractivity contribution in [3.8, 4) is 0 Å². The largest absolute Gasteiger partial charge is 0.383 e. The van der Waals surface area contributed by atoms with Crippen LogP contribution in [0, 0.1) is 0 Å². The Morgan fingerprint density at radius 2 is 2.33 bits per heavy atom. The molecule has 0 radical (unpaired) electrons. The highest BCUT2D eigenvalue weighted by atomic mass is 35.5. The number of halogens is 1. The van der Waals surface area contributed by atoms with Crippen LogP contribution in [0.4, 0.5) is 5.69 Å². The van der Waals surface area contributed by atoms with Gasteiger partial charge in [-0.3, -0.25) is 9.59 Å². The first-order valence-electron chi connectivity index (χ1n) is 6.84. The average molecular weight is 315 g/mol. The number of rotatable bonds is 7. The zero-order valence-corrected chi connectivity index (χ0v) is 12.8. The van der Waals surface area contributed by atoms with Crippen LogP contribution in [0.1, 0.15) is 19.8 Å². The van der Waals surface area contributed by atoms with Gasteiger partial charge in [-0.2, -0.15) is 5.10 Å². The zero-order valence-electron chi connectivity index (χ0n) is 12.1. The number of ether oxygens (including phenoxy) is 1. The lowest BCUT2D eigenvalue weighted by molar-refractivity contribution is -0.121. The van der Waals surface area contributed by atoms with E-state index in [1.807, 2.05) is 0 Å². The van der Waals surface area contributed by atoms with E-state index in [0.717, 1.165) is 12.8 Å². The lowest BCUT2D eigenvalue weighted by atomic mass is 10.3. The molecule has 0 saturated heterocycles. The molecule has 1 unspecified atom stereocenters. The molecule has 2 N–H and O–H groups in total. The third-order valence-corrected chi connectivity index (χ3v) is 3.55. The first-order chi connectivity index (χ1) is 10.0. The smallest absolute Gasteiger partial charge is 0.287 e. The number of aromatic nitrogens is 2. The van der Waals surface area contributed by atoms with Gasteiger partial charge in [0.05, 0.1) is 25.0 Å². The Kier molecular flexibility index (Phi) is 5.19. The number of carbonyl (C=O) groups excluding carboxylic acids is 1. The van der Waals surface area contributed by atoms with E-state index >= 15 is 0 Å². The van der Waals surface area contributed by atoms with Crippen LogP contribution in [0.25, 0.3) is 0 Å². The van der Waals surface area contributed by atoms with Crippen LogP contribution >= 0.6 is 11.6 Å². The van der Waals surface area contributed by atoms with E-state index in [2.05, 4.69) is 15.7 Å². The van der Waals surface area contributed by atoms with Gasteiger partial charge in [-0.15, -0.1) is 0 Å². The fourth-order valence-electron chi connectivity index (χ4n) is 1.76. The van der Waals surface area contributed by atoms with E-state index in [0.29, 0.717) is 18.8 Å². The maximum Gasteiger partial charge on any atom is 0.287 e. The number of hydrogen-bond donors (Lipinski definition) is 2. The molecule has 0 bridgehead atoms. The van der Waals surface area contributed by atoms with E-state index in [9.17, 15) is 9.59 Å². The Hall–Kier alpha value is -1.60. The summed E-state index contributed by atoms with van der Waals surface area (Å²) in [7, 11) is 1.54. The summed E-state index contributed by atoms with van der Waals surface area (Å²) in [4.78, 5) is 23.9. The van der Waals surface area contributed by atoms with Crippen molar-refractivity contribution >= 4 is 23.2 Å². The molecule has 7 nitrogen and oxygen atoms in total. The minimum Gasteiger partial charge on any atom is -0.383 e. The highest BCUT2D eigenvalue weighted by Crippen LogP contribution is 2.20. The van der Waals surface area contributed by atoms with Gasteiger partial charge >= 0.3 is 0 Å². The molecule has 0 spiro atoms. The number of anilines is 1. The molecule has 1 aliphatic rings. The fourth-order valence-corrected chi connectivity index (χ4v) is 1.96. The number of methoxy groups -OCH3 is 1. The van der Waals surface area contributed by atoms with Crippen molar-refractivity contribution in [3.63, 3.8) is 0 Å².